The van der Waals surface area contributed by atoms with Gasteiger partial charge in [0.05, 0.1) is 27.7 Å². The number of nitrogens with one attached hydrogen (secondary N) is 1. The van der Waals surface area contributed by atoms with Gasteiger partial charge in [0.25, 0.3) is 0 Å². The highest BCUT2D eigenvalue weighted by atomic mass is 15.3. The molecule has 0 fully saturated rings. The van der Waals surface area contributed by atoms with Crippen LogP contribution in [-0.2, 0) is 0 Å². The first kappa shape index (κ1) is 10.9. The van der Waals surface area contributed by atoms with Gasteiger partial charge >= 0.3 is 0 Å². The van der Waals surface area contributed by atoms with Gasteiger partial charge in [0.15, 0.2) is 0 Å². The maximum atomic E-state index is 3.30. The Hall–Kier alpha value is -0.0800. The number of hydrogen-bond donors (Lipinski definition) is 1. The normalized spacial score (nSPS) is 13.6. The van der Waals surface area contributed by atoms with E-state index in [1.807, 2.05) is 7.05 Å². The quantitative estimate of drug-likeness (QED) is 0.605. The van der Waals surface area contributed by atoms with Crippen molar-refractivity contribution in [3.8, 4) is 0 Å². The lowest BCUT2D eigenvalue weighted by Gasteiger charge is -2.30. The van der Waals surface area contributed by atoms with E-state index >= 15 is 0 Å². The monoisotopic (exact) mass is 159 g/mol. The van der Waals surface area contributed by atoms with E-state index in [1.165, 1.54) is 13.0 Å². The summed E-state index contributed by atoms with van der Waals surface area (Å²) >= 11 is 0. The molecule has 0 rings (SSSR count). The highest BCUT2D eigenvalue weighted by Crippen LogP contribution is 2.09. The fraction of sp³-hybridized carbons (Fsp3) is 1.00. The molecule has 0 aromatic carbocycles. The molecular weight excluding hydrogens is 136 g/mol. The third-order valence-electron chi connectivity index (χ3n) is 2.08. The van der Waals surface area contributed by atoms with E-state index in [-0.39, 0.29) is 5.54 Å². The molecule has 68 valence electrons. The van der Waals surface area contributed by atoms with E-state index in [2.05, 4.69) is 40.3 Å². The second kappa shape index (κ2) is 3.55. The van der Waals surface area contributed by atoms with Crippen molar-refractivity contribution in [2.24, 2.45) is 0 Å². The lowest BCUT2D eigenvalue weighted by Crippen LogP contribution is -2.44. The summed E-state index contributed by atoms with van der Waals surface area (Å²) in [6.45, 7) is 5.69. The van der Waals surface area contributed by atoms with Crippen molar-refractivity contribution in [1.82, 2.24) is 5.32 Å². The average molecular weight is 159 g/mol. The van der Waals surface area contributed by atoms with Crippen LogP contribution < -0.4 is 5.32 Å². The smallest absolute Gasteiger partial charge is 0.0798 e. The van der Waals surface area contributed by atoms with Gasteiger partial charge in [-0.3, -0.25) is 0 Å². The number of nitrogens with zero attached hydrogens (tertiary/aromatic N) is 1. The molecule has 0 aromatic rings. The molecule has 1 N–H and O–H groups in total. The molecule has 0 aliphatic carbocycles. The Labute approximate surface area is 71.2 Å². The van der Waals surface area contributed by atoms with E-state index < -0.39 is 0 Å². The van der Waals surface area contributed by atoms with Crippen molar-refractivity contribution in [2.75, 3.05) is 34.7 Å². The van der Waals surface area contributed by atoms with Gasteiger partial charge < -0.3 is 9.80 Å². The van der Waals surface area contributed by atoms with Gasteiger partial charge in [-0.05, 0) is 20.9 Å². The molecule has 2 heteroatoms. The fourth-order valence-corrected chi connectivity index (χ4v) is 0.740. The van der Waals surface area contributed by atoms with Crippen LogP contribution in [0.5, 0.6) is 0 Å². The number of quaternary nitrogens is 1. The van der Waals surface area contributed by atoms with Gasteiger partial charge in [0, 0.05) is 12.0 Å². The Morgan fingerprint density at radius 3 is 1.91 bits per heavy atom. The Morgan fingerprint density at radius 1 is 1.18 bits per heavy atom. The maximum Gasteiger partial charge on any atom is 0.0798 e. The largest absolute Gasteiger partial charge is 0.331 e. The summed E-state index contributed by atoms with van der Waals surface area (Å²) in [7, 11) is 8.71. The van der Waals surface area contributed by atoms with Crippen molar-refractivity contribution in [1.29, 1.82) is 0 Å². The molecule has 0 saturated carbocycles. The standard InChI is InChI=1S/C9H23N2/c1-9(2,10-3)7-8-11(4,5)6/h10H,7-8H2,1-6H3/q+1. The topological polar surface area (TPSA) is 12.0 Å². The molecule has 0 spiro atoms. The summed E-state index contributed by atoms with van der Waals surface area (Å²) in [4.78, 5) is 0. The summed E-state index contributed by atoms with van der Waals surface area (Å²) in [5, 5.41) is 3.30. The average Bonchev–Trinajstić information content (AvgIpc) is 1.83. The van der Waals surface area contributed by atoms with Gasteiger partial charge in [0.1, 0.15) is 0 Å². The predicted octanol–water partition coefficient (Wildman–Crippen LogP) is 1.08. The first-order chi connectivity index (χ1) is 4.77. The van der Waals surface area contributed by atoms with Crippen LogP contribution in [0.2, 0.25) is 0 Å². The van der Waals surface area contributed by atoms with Crippen LogP contribution in [0.3, 0.4) is 0 Å². The number of hydrogen-bond acceptors (Lipinski definition) is 1. The van der Waals surface area contributed by atoms with E-state index in [1.54, 1.807) is 0 Å². The minimum absolute atomic E-state index is 0.283. The first-order valence-corrected chi connectivity index (χ1v) is 4.26. The summed E-state index contributed by atoms with van der Waals surface area (Å²) in [6.07, 6.45) is 1.22. The molecule has 2 nitrogen and oxygen atoms in total. The van der Waals surface area contributed by atoms with Crippen molar-refractivity contribution in [3.63, 3.8) is 0 Å². The van der Waals surface area contributed by atoms with Crippen LogP contribution in [-0.4, -0.2) is 44.8 Å². The minimum atomic E-state index is 0.283. The molecule has 0 aromatic heterocycles. The number of rotatable bonds is 4. The predicted molar refractivity (Wildman–Crippen MR) is 50.7 cm³/mol. The third-order valence-corrected chi connectivity index (χ3v) is 2.08. The highest BCUT2D eigenvalue weighted by molar-refractivity contribution is 4.74. The zero-order chi connectivity index (χ0) is 9.12. The van der Waals surface area contributed by atoms with Gasteiger partial charge in [-0.15, -0.1) is 0 Å². The zero-order valence-electron chi connectivity index (χ0n) is 8.86. The molecule has 0 aliphatic rings. The second-order valence-corrected chi connectivity index (χ2v) is 4.90. The summed E-state index contributed by atoms with van der Waals surface area (Å²) in [6, 6.07) is 0. The maximum absolute atomic E-state index is 3.30. The Kier molecular flexibility index (Phi) is 3.52. The van der Waals surface area contributed by atoms with Crippen LogP contribution in [0.1, 0.15) is 20.3 Å². The van der Waals surface area contributed by atoms with Crippen molar-refractivity contribution in [3.05, 3.63) is 0 Å². The Balaban J connectivity index is 3.70. The van der Waals surface area contributed by atoms with Gasteiger partial charge in [-0.1, -0.05) is 0 Å². The molecule has 0 unspecified atom stereocenters. The van der Waals surface area contributed by atoms with Gasteiger partial charge in [-0.2, -0.15) is 0 Å². The SMILES string of the molecule is CNC(C)(C)CC[N+](C)(C)C. The lowest BCUT2D eigenvalue weighted by molar-refractivity contribution is -0.871. The molecule has 0 heterocycles. The Morgan fingerprint density at radius 2 is 1.64 bits per heavy atom. The molecule has 0 radical (unpaired) electrons. The lowest BCUT2D eigenvalue weighted by atomic mass is 10.0. The third kappa shape index (κ3) is 6.32. The van der Waals surface area contributed by atoms with Crippen LogP contribution in [0, 0.1) is 0 Å². The van der Waals surface area contributed by atoms with E-state index in [0.717, 1.165) is 4.48 Å². The van der Waals surface area contributed by atoms with Crippen LogP contribution >= 0.6 is 0 Å². The van der Waals surface area contributed by atoms with Gasteiger partial charge in [0.2, 0.25) is 0 Å². The van der Waals surface area contributed by atoms with Crippen molar-refractivity contribution < 1.29 is 4.48 Å². The van der Waals surface area contributed by atoms with Gasteiger partial charge in [-0.25, -0.2) is 0 Å². The van der Waals surface area contributed by atoms with E-state index in [9.17, 15) is 0 Å². The Bertz CT molecular complexity index is 111. The molecule has 0 saturated heterocycles. The van der Waals surface area contributed by atoms with Crippen LogP contribution in [0.4, 0.5) is 0 Å². The summed E-state index contributed by atoms with van der Waals surface area (Å²) in [5.41, 5.74) is 0.283. The minimum Gasteiger partial charge on any atom is -0.331 e. The molecule has 0 atom stereocenters. The van der Waals surface area contributed by atoms with Crippen molar-refractivity contribution >= 4 is 0 Å². The summed E-state index contributed by atoms with van der Waals surface area (Å²) in [5.74, 6) is 0. The molecule has 11 heavy (non-hydrogen) atoms. The fourth-order valence-electron chi connectivity index (χ4n) is 0.740. The second-order valence-electron chi connectivity index (χ2n) is 4.90. The van der Waals surface area contributed by atoms with Crippen molar-refractivity contribution in [2.45, 2.75) is 25.8 Å². The zero-order valence-corrected chi connectivity index (χ0v) is 8.86. The molecule has 0 aliphatic heterocycles. The van der Waals surface area contributed by atoms with E-state index in [4.69, 9.17) is 0 Å². The van der Waals surface area contributed by atoms with Crippen LogP contribution in [0.25, 0.3) is 0 Å². The molecular formula is C9H23N2+. The molecule has 0 bridgehead atoms. The van der Waals surface area contributed by atoms with E-state index in [0.29, 0.717) is 0 Å². The first-order valence-electron chi connectivity index (χ1n) is 4.26. The van der Waals surface area contributed by atoms with Crippen LogP contribution in [0.15, 0.2) is 0 Å². The molecule has 0 amide bonds. The highest BCUT2D eigenvalue weighted by Gasteiger charge is 2.18. The summed E-state index contributed by atoms with van der Waals surface area (Å²) < 4.78 is 1.05.